The molecule has 2 aromatic rings. The van der Waals surface area contributed by atoms with Crippen molar-refractivity contribution in [3.63, 3.8) is 0 Å². The number of thioether (sulfide) groups is 1. The van der Waals surface area contributed by atoms with Crippen molar-refractivity contribution in [2.24, 2.45) is 0 Å². The summed E-state index contributed by atoms with van der Waals surface area (Å²) >= 11 is 1.13. The molecule has 2 amide bonds. The molecular formula is C16H20N4O3S. The van der Waals surface area contributed by atoms with Gasteiger partial charge in [-0.2, -0.15) is 0 Å². The quantitative estimate of drug-likeness (QED) is 0.740. The van der Waals surface area contributed by atoms with Gasteiger partial charge < -0.3 is 15.1 Å². The summed E-state index contributed by atoms with van der Waals surface area (Å²) in [7, 11) is 0. The summed E-state index contributed by atoms with van der Waals surface area (Å²) in [5, 5.41) is 13.5. The molecule has 2 rings (SSSR count). The molecule has 0 aliphatic heterocycles. The van der Waals surface area contributed by atoms with Gasteiger partial charge in [-0.05, 0) is 32.4 Å². The van der Waals surface area contributed by atoms with Crippen molar-refractivity contribution in [3.8, 4) is 11.5 Å². The SMILES string of the molecule is Cc1ccccc1-c1nnc(SCC(=O)NCC(=O)NC(C)C)o1. The molecule has 1 aromatic heterocycles. The Morgan fingerprint density at radius 3 is 2.67 bits per heavy atom. The molecule has 0 saturated carbocycles. The Balaban J connectivity index is 1.82. The number of aryl methyl sites for hydroxylation is 1. The number of carbonyl (C=O) groups is 2. The van der Waals surface area contributed by atoms with Crippen LogP contribution in [-0.4, -0.2) is 40.4 Å². The lowest BCUT2D eigenvalue weighted by molar-refractivity contribution is -0.125. The highest BCUT2D eigenvalue weighted by molar-refractivity contribution is 7.99. The summed E-state index contributed by atoms with van der Waals surface area (Å²) in [6.45, 7) is 5.63. The van der Waals surface area contributed by atoms with E-state index in [0.717, 1.165) is 22.9 Å². The van der Waals surface area contributed by atoms with Gasteiger partial charge in [0.15, 0.2) is 0 Å². The van der Waals surface area contributed by atoms with Gasteiger partial charge in [0, 0.05) is 11.6 Å². The fourth-order valence-corrected chi connectivity index (χ4v) is 2.51. The number of nitrogens with one attached hydrogen (secondary N) is 2. The first-order chi connectivity index (χ1) is 11.5. The van der Waals surface area contributed by atoms with Crippen molar-refractivity contribution in [1.29, 1.82) is 0 Å². The number of rotatable bonds is 7. The van der Waals surface area contributed by atoms with E-state index < -0.39 is 0 Å². The maximum atomic E-state index is 11.7. The zero-order valence-electron chi connectivity index (χ0n) is 13.8. The first-order valence-electron chi connectivity index (χ1n) is 7.54. The minimum Gasteiger partial charge on any atom is -0.411 e. The number of carbonyl (C=O) groups excluding carboxylic acids is 2. The lowest BCUT2D eigenvalue weighted by Crippen LogP contribution is -2.40. The molecule has 7 nitrogen and oxygen atoms in total. The largest absolute Gasteiger partial charge is 0.411 e. The molecule has 0 aliphatic carbocycles. The topological polar surface area (TPSA) is 97.1 Å². The van der Waals surface area contributed by atoms with Crippen LogP contribution in [0.25, 0.3) is 11.5 Å². The van der Waals surface area contributed by atoms with Crippen LogP contribution in [0.5, 0.6) is 0 Å². The summed E-state index contributed by atoms with van der Waals surface area (Å²) < 4.78 is 5.56. The molecule has 0 aliphatic rings. The van der Waals surface area contributed by atoms with Crippen LogP contribution in [0.1, 0.15) is 19.4 Å². The van der Waals surface area contributed by atoms with Crippen LogP contribution < -0.4 is 10.6 Å². The second kappa shape index (κ2) is 8.49. The van der Waals surface area contributed by atoms with Gasteiger partial charge in [-0.25, -0.2) is 0 Å². The fraction of sp³-hybridized carbons (Fsp3) is 0.375. The van der Waals surface area contributed by atoms with Crippen molar-refractivity contribution >= 4 is 23.6 Å². The summed E-state index contributed by atoms with van der Waals surface area (Å²) in [5.41, 5.74) is 1.90. The van der Waals surface area contributed by atoms with E-state index in [2.05, 4.69) is 20.8 Å². The Morgan fingerprint density at radius 1 is 1.21 bits per heavy atom. The highest BCUT2D eigenvalue weighted by Crippen LogP contribution is 2.25. The Bertz CT molecular complexity index is 715. The summed E-state index contributed by atoms with van der Waals surface area (Å²) in [6, 6.07) is 7.74. The third-order valence-electron chi connectivity index (χ3n) is 3.00. The van der Waals surface area contributed by atoms with Gasteiger partial charge >= 0.3 is 0 Å². The predicted molar refractivity (Wildman–Crippen MR) is 91.5 cm³/mol. The Morgan fingerprint density at radius 2 is 1.96 bits per heavy atom. The van der Waals surface area contributed by atoms with Crippen molar-refractivity contribution in [2.75, 3.05) is 12.3 Å². The van der Waals surface area contributed by atoms with E-state index in [-0.39, 0.29) is 30.2 Å². The summed E-state index contributed by atoms with van der Waals surface area (Å²) in [6.07, 6.45) is 0. The minimum absolute atomic E-state index is 0.0436. The van der Waals surface area contributed by atoms with Gasteiger partial charge in [-0.1, -0.05) is 30.0 Å². The zero-order valence-corrected chi connectivity index (χ0v) is 14.6. The van der Waals surface area contributed by atoms with Crippen molar-refractivity contribution in [1.82, 2.24) is 20.8 Å². The Hall–Kier alpha value is -2.35. The van der Waals surface area contributed by atoms with E-state index in [1.165, 1.54) is 0 Å². The standard InChI is InChI=1S/C16H20N4O3S/c1-10(2)18-13(21)8-17-14(22)9-24-16-20-19-15(23-16)12-7-5-4-6-11(12)3/h4-7,10H,8-9H2,1-3H3,(H,17,22)(H,18,21). The summed E-state index contributed by atoms with van der Waals surface area (Å²) in [4.78, 5) is 23.2. The van der Waals surface area contributed by atoms with Gasteiger partial charge in [-0.3, -0.25) is 9.59 Å². The van der Waals surface area contributed by atoms with Crippen LogP contribution in [0.3, 0.4) is 0 Å². The van der Waals surface area contributed by atoms with E-state index >= 15 is 0 Å². The maximum absolute atomic E-state index is 11.7. The summed E-state index contributed by atoms with van der Waals surface area (Å²) in [5.74, 6) is 0.0366. The second-order valence-electron chi connectivity index (χ2n) is 5.48. The lowest BCUT2D eigenvalue weighted by atomic mass is 10.1. The first-order valence-corrected chi connectivity index (χ1v) is 8.52. The molecule has 1 heterocycles. The molecule has 0 atom stereocenters. The fourth-order valence-electron chi connectivity index (χ4n) is 1.92. The molecule has 2 N–H and O–H groups in total. The highest BCUT2D eigenvalue weighted by atomic mass is 32.2. The lowest BCUT2D eigenvalue weighted by Gasteiger charge is -2.08. The van der Waals surface area contributed by atoms with Crippen LogP contribution in [0.2, 0.25) is 0 Å². The molecule has 0 unspecified atom stereocenters. The minimum atomic E-state index is -0.269. The monoisotopic (exact) mass is 348 g/mol. The molecule has 0 saturated heterocycles. The van der Waals surface area contributed by atoms with Crippen LogP contribution in [0.15, 0.2) is 33.9 Å². The van der Waals surface area contributed by atoms with Gasteiger partial charge in [0.25, 0.3) is 5.22 Å². The molecule has 8 heteroatoms. The molecule has 128 valence electrons. The molecule has 0 fully saturated rings. The van der Waals surface area contributed by atoms with Crippen LogP contribution in [0, 0.1) is 6.92 Å². The normalized spacial score (nSPS) is 10.7. The van der Waals surface area contributed by atoms with Crippen LogP contribution >= 0.6 is 11.8 Å². The molecule has 0 radical (unpaired) electrons. The van der Waals surface area contributed by atoms with Gasteiger partial charge in [0.2, 0.25) is 17.7 Å². The number of aromatic nitrogens is 2. The van der Waals surface area contributed by atoms with Crippen molar-refractivity contribution in [3.05, 3.63) is 29.8 Å². The van der Waals surface area contributed by atoms with Crippen molar-refractivity contribution < 1.29 is 14.0 Å². The second-order valence-corrected chi connectivity index (χ2v) is 6.40. The van der Waals surface area contributed by atoms with E-state index in [9.17, 15) is 9.59 Å². The highest BCUT2D eigenvalue weighted by Gasteiger charge is 2.13. The maximum Gasteiger partial charge on any atom is 0.277 e. The average Bonchev–Trinajstić information content (AvgIpc) is 2.99. The van der Waals surface area contributed by atoms with Gasteiger partial charge in [0.05, 0.1) is 12.3 Å². The van der Waals surface area contributed by atoms with E-state index in [4.69, 9.17) is 4.42 Å². The van der Waals surface area contributed by atoms with E-state index in [1.54, 1.807) is 0 Å². The zero-order chi connectivity index (χ0) is 17.5. The Kier molecular flexibility index (Phi) is 6.36. The number of benzene rings is 1. The predicted octanol–water partition coefficient (Wildman–Crippen LogP) is 1.78. The average molecular weight is 348 g/mol. The van der Waals surface area contributed by atoms with Gasteiger partial charge in [0.1, 0.15) is 0 Å². The molecule has 1 aromatic carbocycles. The first kappa shape index (κ1) is 18.0. The van der Waals surface area contributed by atoms with Crippen LogP contribution in [0.4, 0.5) is 0 Å². The third-order valence-corrected chi connectivity index (χ3v) is 3.82. The Labute approximate surface area is 144 Å². The van der Waals surface area contributed by atoms with E-state index in [1.807, 2.05) is 45.0 Å². The molecular weight excluding hydrogens is 328 g/mol. The third kappa shape index (κ3) is 5.38. The number of nitrogens with zero attached hydrogens (tertiary/aromatic N) is 2. The van der Waals surface area contributed by atoms with E-state index in [0.29, 0.717) is 11.1 Å². The molecule has 24 heavy (non-hydrogen) atoms. The number of hydrogen-bond donors (Lipinski definition) is 2. The van der Waals surface area contributed by atoms with Crippen molar-refractivity contribution in [2.45, 2.75) is 32.0 Å². The van der Waals surface area contributed by atoms with Gasteiger partial charge in [-0.15, -0.1) is 10.2 Å². The number of hydrogen-bond acceptors (Lipinski definition) is 6. The number of amides is 2. The molecule has 0 bridgehead atoms. The smallest absolute Gasteiger partial charge is 0.277 e. The van der Waals surface area contributed by atoms with Crippen LogP contribution in [-0.2, 0) is 9.59 Å². The molecule has 0 spiro atoms.